The molecule has 1 aromatic heterocycles. The fourth-order valence-corrected chi connectivity index (χ4v) is 3.73. The first-order valence-corrected chi connectivity index (χ1v) is 8.04. The Morgan fingerprint density at radius 2 is 1.86 bits per heavy atom. The highest BCUT2D eigenvalue weighted by Crippen LogP contribution is 2.26. The summed E-state index contributed by atoms with van der Waals surface area (Å²) < 4.78 is 0. The quantitative estimate of drug-likeness (QED) is 0.831. The van der Waals surface area contributed by atoms with Crippen LogP contribution in [0, 0.1) is 0 Å². The number of aromatic nitrogens is 2. The fourth-order valence-electron chi connectivity index (χ4n) is 3.73. The van der Waals surface area contributed by atoms with Crippen molar-refractivity contribution >= 4 is 22.7 Å². The summed E-state index contributed by atoms with van der Waals surface area (Å²) in [5.74, 6) is 0.988. The van der Waals surface area contributed by atoms with Crippen molar-refractivity contribution in [1.29, 1.82) is 0 Å². The van der Waals surface area contributed by atoms with Crippen molar-refractivity contribution in [2.75, 3.05) is 36.8 Å². The van der Waals surface area contributed by atoms with Crippen LogP contribution in [0.4, 0.5) is 11.6 Å². The number of hydrogen-bond acceptors (Lipinski definition) is 4. The monoisotopic (exact) mass is 285 g/mol. The maximum Gasteiger partial charge on any atom is 0.203 e. The molecule has 1 aromatic carbocycles. The third-order valence-electron chi connectivity index (χ3n) is 4.95. The average Bonchev–Trinajstić information content (AvgIpc) is 3.16. The summed E-state index contributed by atoms with van der Waals surface area (Å²) in [5, 5.41) is 0. The van der Waals surface area contributed by atoms with Crippen LogP contribution >= 0.6 is 0 Å². The van der Waals surface area contributed by atoms with Crippen LogP contribution in [0.5, 0.6) is 0 Å². The second-order valence-corrected chi connectivity index (χ2v) is 6.30. The standard InChI is InChI=1S/C16H23N5/c17-12-5-6-14-15(11-12)19-16(18-14)21-9-7-20(8-10-21)13-3-1-2-4-13/h5-6,11,13H,1-4,7-10,17H2,(H,18,19). The molecule has 2 fully saturated rings. The van der Waals surface area contributed by atoms with Crippen molar-refractivity contribution in [2.24, 2.45) is 0 Å². The van der Waals surface area contributed by atoms with Crippen molar-refractivity contribution < 1.29 is 0 Å². The minimum atomic E-state index is 0.781. The number of nitrogens with one attached hydrogen (secondary N) is 1. The molecule has 0 unspecified atom stereocenters. The van der Waals surface area contributed by atoms with Gasteiger partial charge in [-0.1, -0.05) is 12.8 Å². The molecule has 3 N–H and O–H groups in total. The lowest BCUT2D eigenvalue weighted by Crippen LogP contribution is -2.50. The number of anilines is 2. The number of aromatic amines is 1. The molecule has 0 spiro atoms. The largest absolute Gasteiger partial charge is 0.399 e. The summed E-state index contributed by atoms with van der Waals surface area (Å²) in [5.41, 5.74) is 8.64. The molecule has 5 heteroatoms. The molecule has 2 aromatic rings. The Bertz CT molecular complexity index is 621. The topological polar surface area (TPSA) is 61.2 Å². The van der Waals surface area contributed by atoms with E-state index >= 15 is 0 Å². The summed E-state index contributed by atoms with van der Waals surface area (Å²) >= 11 is 0. The molecule has 5 nitrogen and oxygen atoms in total. The number of imidazole rings is 1. The van der Waals surface area contributed by atoms with Crippen LogP contribution in [0.3, 0.4) is 0 Å². The zero-order chi connectivity index (χ0) is 14.2. The minimum absolute atomic E-state index is 0.781. The fraction of sp³-hybridized carbons (Fsp3) is 0.562. The lowest BCUT2D eigenvalue weighted by atomic mass is 10.2. The van der Waals surface area contributed by atoms with Gasteiger partial charge in [0.15, 0.2) is 0 Å². The smallest absolute Gasteiger partial charge is 0.203 e. The van der Waals surface area contributed by atoms with E-state index in [1.165, 1.54) is 25.7 Å². The Labute approximate surface area is 125 Å². The van der Waals surface area contributed by atoms with E-state index in [0.29, 0.717) is 0 Å². The van der Waals surface area contributed by atoms with Gasteiger partial charge in [-0.2, -0.15) is 0 Å². The highest BCUT2D eigenvalue weighted by atomic mass is 15.3. The Morgan fingerprint density at radius 3 is 2.62 bits per heavy atom. The molecule has 1 aliphatic carbocycles. The number of nitrogen functional groups attached to an aromatic ring is 1. The average molecular weight is 285 g/mol. The molecule has 2 heterocycles. The highest BCUT2D eigenvalue weighted by molar-refractivity contribution is 5.80. The molecule has 1 aliphatic heterocycles. The Hall–Kier alpha value is -1.75. The first kappa shape index (κ1) is 13.0. The zero-order valence-corrected chi connectivity index (χ0v) is 12.4. The maximum absolute atomic E-state index is 5.83. The number of benzene rings is 1. The number of fused-ring (bicyclic) bond motifs is 1. The van der Waals surface area contributed by atoms with Gasteiger partial charge in [0.05, 0.1) is 11.0 Å². The van der Waals surface area contributed by atoms with E-state index in [2.05, 4.69) is 14.8 Å². The van der Waals surface area contributed by atoms with E-state index in [9.17, 15) is 0 Å². The Balaban J connectivity index is 1.46. The van der Waals surface area contributed by atoms with Crippen LogP contribution in [0.15, 0.2) is 18.2 Å². The lowest BCUT2D eigenvalue weighted by Gasteiger charge is -2.37. The van der Waals surface area contributed by atoms with Gasteiger partial charge in [0, 0.05) is 37.9 Å². The van der Waals surface area contributed by atoms with E-state index in [0.717, 1.165) is 54.9 Å². The van der Waals surface area contributed by atoms with Crippen molar-refractivity contribution in [1.82, 2.24) is 14.9 Å². The van der Waals surface area contributed by atoms with Crippen LogP contribution in [-0.2, 0) is 0 Å². The zero-order valence-electron chi connectivity index (χ0n) is 12.4. The van der Waals surface area contributed by atoms with Gasteiger partial charge in [-0.15, -0.1) is 0 Å². The summed E-state index contributed by atoms with van der Waals surface area (Å²) in [6, 6.07) is 6.69. The van der Waals surface area contributed by atoms with E-state index < -0.39 is 0 Å². The highest BCUT2D eigenvalue weighted by Gasteiger charge is 2.26. The first-order chi connectivity index (χ1) is 10.3. The summed E-state index contributed by atoms with van der Waals surface area (Å²) in [4.78, 5) is 13.1. The molecule has 2 aliphatic rings. The predicted octanol–water partition coefficient (Wildman–Crippen LogP) is 2.21. The number of piperazine rings is 1. The van der Waals surface area contributed by atoms with E-state index in [4.69, 9.17) is 10.7 Å². The van der Waals surface area contributed by atoms with Crippen LogP contribution in [0.1, 0.15) is 25.7 Å². The number of H-pyrrole nitrogens is 1. The van der Waals surface area contributed by atoms with Gasteiger partial charge in [0.1, 0.15) is 0 Å². The molecule has 21 heavy (non-hydrogen) atoms. The van der Waals surface area contributed by atoms with Gasteiger partial charge < -0.3 is 15.6 Å². The van der Waals surface area contributed by atoms with Crippen molar-refractivity contribution in [2.45, 2.75) is 31.7 Å². The molecule has 0 atom stereocenters. The van der Waals surface area contributed by atoms with Gasteiger partial charge >= 0.3 is 0 Å². The van der Waals surface area contributed by atoms with Crippen molar-refractivity contribution in [3.63, 3.8) is 0 Å². The number of hydrogen-bond donors (Lipinski definition) is 2. The third kappa shape index (κ3) is 2.46. The molecule has 0 radical (unpaired) electrons. The Morgan fingerprint density at radius 1 is 1.10 bits per heavy atom. The second kappa shape index (κ2) is 5.22. The first-order valence-electron chi connectivity index (χ1n) is 8.04. The molecule has 0 bridgehead atoms. The van der Waals surface area contributed by atoms with Gasteiger partial charge in [-0.25, -0.2) is 4.98 Å². The summed E-state index contributed by atoms with van der Waals surface area (Å²) in [6.07, 6.45) is 5.61. The SMILES string of the molecule is Nc1ccc2nc(N3CCN(C4CCCC4)CC3)[nH]c2c1. The number of nitrogens with two attached hydrogens (primary N) is 1. The van der Waals surface area contributed by atoms with Crippen LogP contribution in [0.2, 0.25) is 0 Å². The summed E-state index contributed by atoms with van der Waals surface area (Å²) in [7, 11) is 0. The normalized spacial score (nSPS) is 21.4. The van der Waals surface area contributed by atoms with E-state index in [1.54, 1.807) is 0 Å². The Kier molecular flexibility index (Phi) is 3.22. The molecular formula is C16H23N5. The molecular weight excluding hydrogens is 262 g/mol. The predicted molar refractivity (Wildman–Crippen MR) is 86.5 cm³/mol. The van der Waals surface area contributed by atoms with Crippen LogP contribution in [0.25, 0.3) is 11.0 Å². The van der Waals surface area contributed by atoms with Gasteiger partial charge in [-0.05, 0) is 31.0 Å². The molecule has 4 rings (SSSR count). The van der Waals surface area contributed by atoms with Crippen molar-refractivity contribution in [3.8, 4) is 0 Å². The van der Waals surface area contributed by atoms with Crippen LogP contribution < -0.4 is 10.6 Å². The maximum atomic E-state index is 5.83. The molecule has 112 valence electrons. The van der Waals surface area contributed by atoms with Crippen LogP contribution in [-0.4, -0.2) is 47.1 Å². The van der Waals surface area contributed by atoms with Crippen molar-refractivity contribution in [3.05, 3.63) is 18.2 Å². The molecule has 0 amide bonds. The van der Waals surface area contributed by atoms with Gasteiger partial charge in [-0.3, -0.25) is 4.90 Å². The lowest BCUT2D eigenvalue weighted by molar-refractivity contribution is 0.187. The summed E-state index contributed by atoms with van der Waals surface area (Å²) in [6.45, 7) is 4.44. The molecule has 1 saturated carbocycles. The second-order valence-electron chi connectivity index (χ2n) is 6.30. The van der Waals surface area contributed by atoms with E-state index in [1.807, 2.05) is 18.2 Å². The minimum Gasteiger partial charge on any atom is -0.399 e. The van der Waals surface area contributed by atoms with E-state index in [-0.39, 0.29) is 0 Å². The number of nitrogens with zero attached hydrogens (tertiary/aromatic N) is 3. The van der Waals surface area contributed by atoms with Gasteiger partial charge in [0.2, 0.25) is 5.95 Å². The number of rotatable bonds is 2. The molecule has 1 saturated heterocycles. The third-order valence-corrected chi connectivity index (χ3v) is 4.95. The van der Waals surface area contributed by atoms with Gasteiger partial charge in [0.25, 0.3) is 0 Å².